The molecule has 0 bridgehead atoms. The average molecular weight is 431 g/mol. The minimum atomic E-state index is -0.683. The van der Waals surface area contributed by atoms with Crippen molar-refractivity contribution >= 4 is 29.0 Å². The van der Waals surface area contributed by atoms with Gasteiger partial charge in [0, 0.05) is 22.9 Å². The molecule has 5 rings (SSSR count). The van der Waals surface area contributed by atoms with Gasteiger partial charge < -0.3 is 14.9 Å². The van der Waals surface area contributed by atoms with Crippen LogP contribution >= 0.6 is 0 Å². The van der Waals surface area contributed by atoms with Crippen LogP contribution in [0.15, 0.2) is 59.7 Å². The number of rotatable bonds is 2. The van der Waals surface area contributed by atoms with Crippen LogP contribution in [0.25, 0.3) is 16.8 Å². The van der Waals surface area contributed by atoms with Crippen LogP contribution in [0.1, 0.15) is 25.0 Å². The second-order valence-electron chi connectivity index (χ2n) is 6.60. The zero-order valence-corrected chi connectivity index (χ0v) is 17.7. The monoisotopic (exact) mass is 431 g/mol. The van der Waals surface area contributed by atoms with Gasteiger partial charge in [0.15, 0.2) is 0 Å². The molecule has 1 aliphatic rings. The van der Waals surface area contributed by atoms with Crippen molar-refractivity contribution in [2.24, 2.45) is 4.99 Å². The second-order valence-corrected chi connectivity index (χ2v) is 6.60. The van der Waals surface area contributed by atoms with Gasteiger partial charge in [-0.1, -0.05) is 32.0 Å². The number of carbonyl (C=O) groups excluding carboxylic acids is 1. The summed E-state index contributed by atoms with van der Waals surface area (Å²) < 4.78 is 6.22. The minimum absolute atomic E-state index is 0.00702. The third-order valence-electron chi connectivity index (χ3n) is 4.79. The van der Waals surface area contributed by atoms with E-state index in [1.165, 1.54) is 25.3 Å². The summed E-state index contributed by atoms with van der Waals surface area (Å²) in [6, 6.07) is 13.5. The van der Waals surface area contributed by atoms with Crippen molar-refractivity contribution in [3.63, 3.8) is 0 Å². The molecular weight excluding hydrogens is 410 g/mol. The molecule has 4 aromatic rings. The number of benzene rings is 2. The molecule has 2 aromatic carbocycles. The summed E-state index contributed by atoms with van der Waals surface area (Å²) >= 11 is 0. The van der Waals surface area contributed by atoms with Crippen LogP contribution in [0, 0.1) is 0 Å². The first kappa shape index (κ1) is 20.9. The number of hydrogen-bond acceptors (Lipinski definition) is 7. The molecule has 0 saturated heterocycles. The molecule has 0 unspecified atom stereocenters. The molecule has 32 heavy (non-hydrogen) atoms. The highest BCUT2D eigenvalue weighted by atomic mass is 16.5. The predicted octanol–water partition coefficient (Wildman–Crippen LogP) is 4.49. The van der Waals surface area contributed by atoms with Crippen molar-refractivity contribution in [2.45, 2.75) is 13.8 Å². The third-order valence-corrected chi connectivity index (χ3v) is 4.79. The van der Waals surface area contributed by atoms with E-state index in [1.807, 2.05) is 38.1 Å². The van der Waals surface area contributed by atoms with Gasteiger partial charge in [-0.2, -0.15) is 0 Å². The van der Waals surface area contributed by atoms with Crippen molar-refractivity contribution < 1.29 is 19.7 Å². The minimum Gasteiger partial charge on any atom is -0.508 e. The zero-order valence-electron chi connectivity index (χ0n) is 17.7. The number of hydrogen-bond donors (Lipinski definition) is 3. The molecule has 0 saturated carbocycles. The number of phenols is 2. The molecule has 0 fully saturated rings. The van der Waals surface area contributed by atoms with Crippen molar-refractivity contribution in [2.75, 3.05) is 12.4 Å². The lowest BCUT2D eigenvalue weighted by atomic mass is 10.0. The molecule has 3 N–H and O–H groups in total. The smallest absolute Gasteiger partial charge is 0.413 e. The van der Waals surface area contributed by atoms with Crippen LogP contribution < -0.4 is 5.32 Å². The summed E-state index contributed by atoms with van der Waals surface area (Å²) in [5.74, 6) is 0.0641. The SMILES string of the molecule is CC.COC(=O)Nc1nc2c3c(ccn3n1)C(c1cc(O)ccc1O)=Nc1ccccc1-2. The number of aromatic hydroxyl groups is 2. The molecule has 1 aliphatic heterocycles. The fourth-order valence-corrected chi connectivity index (χ4v) is 3.47. The van der Waals surface area contributed by atoms with Crippen LogP contribution in [-0.4, -0.2) is 43.7 Å². The van der Waals surface area contributed by atoms with E-state index in [-0.39, 0.29) is 17.4 Å². The number of aromatic nitrogens is 3. The van der Waals surface area contributed by atoms with Crippen molar-refractivity contribution in [3.8, 4) is 22.8 Å². The van der Waals surface area contributed by atoms with Gasteiger partial charge in [0.1, 0.15) is 22.7 Å². The number of phenolic OH excluding ortho intramolecular Hbond substituents is 2. The van der Waals surface area contributed by atoms with Crippen LogP contribution in [-0.2, 0) is 4.74 Å². The Morgan fingerprint density at radius 1 is 1.03 bits per heavy atom. The molecule has 162 valence electrons. The molecule has 1 amide bonds. The number of amides is 1. The second kappa shape index (κ2) is 8.38. The largest absolute Gasteiger partial charge is 0.508 e. The molecule has 3 heterocycles. The molecule has 0 spiro atoms. The fourth-order valence-electron chi connectivity index (χ4n) is 3.47. The Morgan fingerprint density at radius 3 is 2.59 bits per heavy atom. The Labute approximate surface area is 183 Å². The normalized spacial score (nSPS) is 11.5. The number of nitrogens with zero attached hydrogens (tertiary/aromatic N) is 4. The van der Waals surface area contributed by atoms with Gasteiger partial charge in [-0.15, -0.1) is 5.10 Å². The van der Waals surface area contributed by atoms with Gasteiger partial charge in [0.2, 0.25) is 0 Å². The van der Waals surface area contributed by atoms with Gasteiger partial charge >= 0.3 is 6.09 Å². The van der Waals surface area contributed by atoms with E-state index in [9.17, 15) is 15.0 Å². The predicted molar refractivity (Wildman–Crippen MR) is 121 cm³/mol. The van der Waals surface area contributed by atoms with E-state index in [0.717, 1.165) is 5.56 Å². The molecule has 0 radical (unpaired) electrons. The van der Waals surface area contributed by atoms with E-state index >= 15 is 0 Å². The topological polar surface area (TPSA) is 121 Å². The molecule has 9 heteroatoms. The average Bonchev–Trinajstić information content (AvgIpc) is 3.17. The van der Waals surface area contributed by atoms with E-state index in [1.54, 1.807) is 16.8 Å². The van der Waals surface area contributed by atoms with Crippen LogP contribution in [0.3, 0.4) is 0 Å². The quantitative estimate of drug-likeness (QED) is 0.354. The summed E-state index contributed by atoms with van der Waals surface area (Å²) in [6.07, 6.45) is 1.03. The van der Waals surface area contributed by atoms with Gasteiger partial charge in [-0.25, -0.2) is 19.3 Å². The first-order valence-electron chi connectivity index (χ1n) is 10.0. The summed E-state index contributed by atoms with van der Waals surface area (Å²) in [4.78, 5) is 21.0. The highest BCUT2D eigenvalue weighted by molar-refractivity contribution is 6.22. The molecule has 9 nitrogen and oxygen atoms in total. The number of carbonyl (C=O) groups is 1. The Balaban J connectivity index is 0.00000119. The first-order valence-corrected chi connectivity index (χ1v) is 10.0. The summed E-state index contributed by atoms with van der Waals surface area (Å²) in [6.45, 7) is 4.00. The Bertz CT molecular complexity index is 1360. The molecule has 0 atom stereocenters. The summed E-state index contributed by atoms with van der Waals surface area (Å²) in [5, 5.41) is 27.2. The number of nitrogens with one attached hydrogen (secondary N) is 1. The number of anilines is 1. The van der Waals surface area contributed by atoms with Gasteiger partial charge in [0.25, 0.3) is 5.95 Å². The van der Waals surface area contributed by atoms with Gasteiger partial charge in [-0.05, 0) is 30.3 Å². The van der Waals surface area contributed by atoms with Crippen molar-refractivity contribution in [1.29, 1.82) is 0 Å². The highest BCUT2D eigenvalue weighted by Crippen LogP contribution is 2.39. The van der Waals surface area contributed by atoms with E-state index < -0.39 is 6.09 Å². The maximum Gasteiger partial charge on any atom is 0.413 e. The third kappa shape index (κ3) is 3.49. The Morgan fingerprint density at radius 2 is 1.81 bits per heavy atom. The highest BCUT2D eigenvalue weighted by Gasteiger charge is 2.25. The zero-order chi connectivity index (χ0) is 22.8. The Kier molecular flexibility index (Phi) is 5.46. The van der Waals surface area contributed by atoms with Crippen LogP contribution in [0.2, 0.25) is 0 Å². The molecule has 0 aliphatic carbocycles. The van der Waals surface area contributed by atoms with E-state index in [0.29, 0.717) is 33.7 Å². The van der Waals surface area contributed by atoms with Crippen molar-refractivity contribution in [1.82, 2.24) is 14.6 Å². The number of para-hydroxylation sites is 1. The van der Waals surface area contributed by atoms with Gasteiger partial charge in [-0.3, -0.25) is 5.32 Å². The van der Waals surface area contributed by atoms with Crippen molar-refractivity contribution in [3.05, 3.63) is 65.9 Å². The standard InChI is InChI=1S/C21H15N5O4.C2H6/c1-30-21(29)24-20-23-18-12-4-2-3-5-15(12)22-17(13-8-9-26(25-20)19(13)18)14-10-11(27)6-7-16(14)28;1-2/h2-10,27-28H,1H3,(H,24,25,29);1-2H3. The first-order chi connectivity index (χ1) is 15.5. The fraction of sp³-hybridized carbons (Fsp3) is 0.130. The number of fused-ring (bicyclic) bond motifs is 2. The molecular formula is C23H21N5O4. The molecule has 2 aromatic heterocycles. The maximum atomic E-state index is 11.7. The number of methoxy groups -OCH3 is 1. The number of aliphatic imine (C=N–C) groups is 1. The maximum absolute atomic E-state index is 11.7. The van der Waals surface area contributed by atoms with Crippen LogP contribution in [0.4, 0.5) is 16.4 Å². The summed E-state index contributed by atoms with van der Waals surface area (Å²) in [5.41, 5.74) is 4.08. The van der Waals surface area contributed by atoms with Gasteiger partial charge in [0.05, 0.1) is 18.5 Å². The lowest BCUT2D eigenvalue weighted by Crippen LogP contribution is -2.15. The van der Waals surface area contributed by atoms with E-state index in [2.05, 4.69) is 20.1 Å². The lowest BCUT2D eigenvalue weighted by Gasteiger charge is -2.09. The number of ether oxygens (including phenoxy) is 1. The Hall–Kier alpha value is -4.40. The lowest BCUT2D eigenvalue weighted by molar-refractivity contribution is 0.186. The van der Waals surface area contributed by atoms with E-state index in [4.69, 9.17) is 4.99 Å². The summed E-state index contributed by atoms with van der Waals surface area (Å²) in [7, 11) is 1.26. The van der Waals surface area contributed by atoms with Crippen LogP contribution in [0.5, 0.6) is 11.5 Å².